The molecule has 1 unspecified atom stereocenters. The van der Waals surface area contributed by atoms with Crippen LogP contribution in [0.25, 0.3) is 0 Å². The van der Waals surface area contributed by atoms with Crippen molar-refractivity contribution in [1.29, 1.82) is 0 Å². The van der Waals surface area contributed by atoms with E-state index < -0.39 is 74.2 Å². The monoisotopic (exact) mass is 454 g/mol. The van der Waals surface area contributed by atoms with Gasteiger partial charge in [0.25, 0.3) is 17.8 Å². The summed E-state index contributed by atoms with van der Waals surface area (Å²) in [6.45, 7) is 3.24. The van der Waals surface area contributed by atoms with Crippen molar-refractivity contribution < 1.29 is 62.9 Å². The average Bonchev–Trinajstić information content (AvgIpc) is 2.38. The predicted octanol–water partition coefficient (Wildman–Crippen LogP) is 5.13. The Labute approximate surface area is 157 Å². The Kier molecular flexibility index (Phi) is 8.54. The van der Waals surface area contributed by atoms with Gasteiger partial charge in [-0.2, -0.15) is 22.0 Å². The lowest BCUT2D eigenvalue weighted by Gasteiger charge is -2.29. The molecule has 0 spiro atoms. The Bertz CT molecular complexity index is 585. The third kappa shape index (κ3) is 10.1. The molecule has 0 radical (unpaired) electrons. The molecule has 0 saturated heterocycles. The number of carbonyl (C=O) groups is 1. The van der Waals surface area contributed by atoms with Crippen molar-refractivity contribution in [2.45, 2.75) is 68.6 Å². The van der Waals surface area contributed by atoms with Gasteiger partial charge in [-0.05, 0) is 6.92 Å². The molecule has 14 heteroatoms. The minimum atomic E-state index is -6.44. The highest BCUT2D eigenvalue weighted by molar-refractivity contribution is 5.86. The van der Waals surface area contributed by atoms with Crippen molar-refractivity contribution in [3.05, 3.63) is 12.2 Å². The first-order chi connectivity index (χ1) is 12.6. The summed E-state index contributed by atoms with van der Waals surface area (Å²) < 4.78 is 146. The number of ether oxygens (including phenoxy) is 1. The summed E-state index contributed by atoms with van der Waals surface area (Å²) in [5.74, 6) is -22.0. The second-order valence-corrected chi connectivity index (χ2v) is 6.54. The molecule has 0 heterocycles. The van der Waals surface area contributed by atoms with Crippen molar-refractivity contribution in [2.75, 3.05) is 6.61 Å². The van der Waals surface area contributed by atoms with Gasteiger partial charge >= 0.3 is 18.1 Å². The van der Waals surface area contributed by atoms with Crippen molar-refractivity contribution in [3.63, 3.8) is 0 Å². The minimum absolute atomic E-state index is 0.173. The zero-order valence-corrected chi connectivity index (χ0v) is 14.7. The average molecular weight is 454 g/mol. The van der Waals surface area contributed by atoms with E-state index in [9.17, 15) is 58.2 Å². The Hall–Kier alpha value is -1.60. The second kappa shape index (κ2) is 9.04. The summed E-state index contributed by atoms with van der Waals surface area (Å²) in [4.78, 5) is 11.0. The van der Waals surface area contributed by atoms with Crippen LogP contribution in [0, 0.1) is 0 Å². The molecule has 172 valence electrons. The van der Waals surface area contributed by atoms with E-state index in [0.717, 1.165) is 0 Å². The maximum atomic E-state index is 13.6. The van der Waals surface area contributed by atoms with Crippen LogP contribution in [0.2, 0.25) is 0 Å². The molecule has 1 N–H and O–H groups in total. The van der Waals surface area contributed by atoms with Crippen molar-refractivity contribution in [3.8, 4) is 0 Å². The van der Waals surface area contributed by atoms with Gasteiger partial charge in [-0.25, -0.2) is 31.1 Å². The zero-order chi connectivity index (χ0) is 23.5. The number of hydrogen-bond acceptors (Lipinski definition) is 3. The lowest BCUT2D eigenvalue weighted by molar-refractivity contribution is -0.304. The summed E-state index contributed by atoms with van der Waals surface area (Å²) in [7, 11) is 0. The molecule has 0 saturated carbocycles. The van der Waals surface area contributed by atoms with Crippen LogP contribution < -0.4 is 0 Å². The van der Waals surface area contributed by atoms with Crippen LogP contribution in [-0.2, 0) is 9.53 Å². The lowest BCUT2D eigenvalue weighted by atomic mass is 9.96. The van der Waals surface area contributed by atoms with E-state index >= 15 is 0 Å². The van der Waals surface area contributed by atoms with Gasteiger partial charge in [0.05, 0.1) is 25.4 Å². The van der Waals surface area contributed by atoms with Crippen LogP contribution in [-0.4, -0.2) is 53.7 Å². The van der Waals surface area contributed by atoms with Gasteiger partial charge in [0.15, 0.2) is 0 Å². The number of halogens is 11. The molecule has 0 aliphatic rings. The smallest absolute Gasteiger partial charge is 0.453 e. The second-order valence-electron chi connectivity index (χ2n) is 6.54. The maximum absolute atomic E-state index is 13.6. The Morgan fingerprint density at radius 3 is 1.69 bits per heavy atom. The maximum Gasteiger partial charge on any atom is 0.453 e. The Balaban J connectivity index is 4.96. The number of aliphatic hydroxyl groups is 1. The number of hydrogen-bond donors (Lipinski definition) is 1. The van der Waals surface area contributed by atoms with Crippen LogP contribution in [0.15, 0.2) is 12.2 Å². The van der Waals surface area contributed by atoms with Gasteiger partial charge in [-0.15, -0.1) is 0 Å². The molecule has 0 aromatic rings. The topological polar surface area (TPSA) is 46.5 Å². The predicted molar refractivity (Wildman–Crippen MR) is 76.1 cm³/mol. The molecule has 0 rings (SSSR count). The first-order valence-corrected chi connectivity index (χ1v) is 7.68. The molecule has 0 aliphatic heterocycles. The van der Waals surface area contributed by atoms with Crippen LogP contribution in [0.5, 0.6) is 0 Å². The highest BCUT2D eigenvalue weighted by Gasteiger charge is 2.63. The van der Waals surface area contributed by atoms with Crippen molar-refractivity contribution in [2.24, 2.45) is 0 Å². The van der Waals surface area contributed by atoms with Gasteiger partial charge in [-0.3, -0.25) is 0 Å². The lowest BCUT2D eigenvalue weighted by Crippen LogP contribution is -2.44. The van der Waals surface area contributed by atoms with E-state index in [-0.39, 0.29) is 5.57 Å². The van der Waals surface area contributed by atoms with E-state index in [1.54, 1.807) is 0 Å². The fraction of sp³-hybridized carbons (Fsp3) is 0.800. The van der Waals surface area contributed by atoms with Crippen LogP contribution in [0.1, 0.15) is 32.6 Å². The molecular weight excluding hydrogens is 437 g/mol. The van der Waals surface area contributed by atoms with Crippen LogP contribution >= 0.6 is 0 Å². The molecule has 1 atom stereocenters. The minimum Gasteiger partial charge on any atom is -0.460 e. The Morgan fingerprint density at radius 2 is 1.28 bits per heavy atom. The summed E-state index contributed by atoms with van der Waals surface area (Å²) in [5, 5.41) is 9.28. The van der Waals surface area contributed by atoms with Gasteiger partial charge in [-0.1, -0.05) is 6.58 Å². The highest BCUT2D eigenvalue weighted by Crippen LogP contribution is 2.47. The number of esters is 1. The number of alkyl halides is 11. The molecule has 0 aliphatic carbocycles. The van der Waals surface area contributed by atoms with Gasteiger partial charge < -0.3 is 9.84 Å². The highest BCUT2D eigenvalue weighted by atomic mass is 19.4. The molecule has 0 bridgehead atoms. The summed E-state index contributed by atoms with van der Waals surface area (Å²) in [6.07, 6.45) is -19.4. The number of carbonyl (C=O) groups excluding carboxylic acids is 1. The van der Waals surface area contributed by atoms with E-state index in [2.05, 4.69) is 11.3 Å². The van der Waals surface area contributed by atoms with Crippen molar-refractivity contribution >= 4 is 5.97 Å². The van der Waals surface area contributed by atoms with E-state index in [1.807, 2.05) is 0 Å². The SMILES string of the molecule is C=C(C)C(=O)OCC(O)CC(F)(F)CC(F)(F)CC(F)(F)CC(F)(F)C(F)(F)F. The molecule has 29 heavy (non-hydrogen) atoms. The normalized spacial score (nSPS) is 15.2. The fourth-order valence-electron chi connectivity index (χ4n) is 2.08. The largest absolute Gasteiger partial charge is 0.460 e. The Morgan fingerprint density at radius 1 is 0.862 bits per heavy atom. The zero-order valence-electron chi connectivity index (χ0n) is 14.7. The van der Waals surface area contributed by atoms with E-state index in [1.165, 1.54) is 6.92 Å². The molecule has 0 fully saturated rings. The standard InChI is InChI=1S/C15H17F11O3/c1-8(2)10(28)29-4-9(27)3-11(16,17)5-12(18,19)6-13(20,21)7-14(22,23)15(24,25)26/h9,27H,1,3-7H2,2H3. The third-order valence-electron chi connectivity index (χ3n) is 3.22. The molecule has 0 aromatic carbocycles. The summed E-state index contributed by atoms with van der Waals surface area (Å²) >= 11 is 0. The molecule has 3 nitrogen and oxygen atoms in total. The first kappa shape index (κ1) is 27.4. The quantitative estimate of drug-likeness (QED) is 0.268. The number of aliphatic hydroxyl groups excluding tert-OH is 1. The van der Waals surface area contributed by atoms with Crippen LogP contribution in [0.4, 0.5) is 48.3 Å². The van der Waals surface area contributed by atoms with Crippen molar-refractivity contribution in [1.82, 2.24) is 0 Å². The van der Waals surface area contributed by atoms with Crippen LogP contribution in [0.3, 0.4) is 0 Å². The summed E-state index contributed by atoms with van der Waals surface area (Å²) in [5.41, 5.74) is -0.173. The third-order valence-corrected chi connectivity index (χ3v) is 3.22. The number of rotatable bonds is 11. The summed E-state index contributed by atoms with van der Waals surface area (Å²) in [6, 6.07) is 0. The molecule has 0 aromatic heterocycles. The fourth-order valence-corrected chi connectivity index (χ4v) is 2.08. The van der Waals surface area contributed by atoms with E-state index in [4.69, 9.17) is 0 Å². The van der Waals surface area contributed by atoms with Gasteiger partial charge in [0.2, 0.25) is 0 Å². The molecular formula is C15H17F11O3. The first-order valence-electron chi connectivity index (χ1n) is 7.68. The van der Waals surface area contributed by atoms with Gasteiger partial charge in [0.1, 0.15) is 6.61 Å². The molecule has 0 amide bonds. The van der Waals surface area contributed by atoms with E-state index in [0.29, 0.717) is 0 Å². The van der Waals surface area contributed by atoms with Gasteiger partial charge in [0, 0.05) is 12.0 Å².